The highest BCUT2D eigenvalue weighted by atomic mass is 19.1. The van der Waals surface area contributed by atoms with Crippen LogP contribution < -0.4 is 5.32 Å². The summed E-state index contributed by atoms with van der Waals surface area (Å²) in [5, 5.41) is 7.33. The van der Waals surface area contributed by atoms with E-state index in [1.54, 1.807) is 53.6 Å². The lowest BCUT2D eigenvalue weighted by atomic mass is 9.97. The highest BCUT2D eigenvalue weighted by molar-refractivity contribution is 5.93. The zero-order valence-corrected chi connectivity index (χ0v) is 16.2. The molecule has 0 unspecified atom stereocenters. The summed E-state index contributed by atoms with van der Waals surface area (Å²) >= 11 is 0. The second-order valence-corrected chi connectivity index (χ2v) is 7.44. The van der Waals surface area contributed by atoms with E-state index in [4.69, 9.17) is 0 Å². The Morgan fingerprint density at radius 3 is 2.93 bits per heavy atom. The van der Waals surface area contributed by atoms with Gasteiger partial charge in [-0.05, 0) is 49.6 Å². The summed E-state index contributed by atoms with van der Waals surface area (Å²) in [7, 11) is 0. The number of amides is 1. The van der Waals surface area contributed by atoms with Crippen LogP contribution in [-0.2, 0) is 6.54 Å². The molecule has 150 valence electrons. The number of halogens is 1. The second kappa shape index (κ2) is 8.96. The molecule has 4 rings (SSSR count). The number of aromatic nitrogens is 3. The Balaban J connectivity index is 1.31. The number of hydrogen-bond donors (Lipinski definition) is 1. The summed E-state index contributed by atoms with van der Waals surface area (Å²) in [5.41, 5.74) is 2.09. The van der Waals surface area contributed by atoms with Crippen molar-refractivity contribution in [3.8, 4) is 5.69 Å². The molecule has 7 heteroatoms. The van der Waals surface area contributed by atoms with Gasteiger partial charge in [0.1, 0.15) is 11.5 Å². The van der Waals surface area contributed by atoms with E-state index in [-0.39, 0.29) is 11.7 Å². The number of benzene rings is 1. The molecule has 0 radical (unpaired) electrons. The smallest absolute Gasteiger partial charge is 0.252 e. The number of carbonyl (C=O) groups is 1. The molecule has 1 aliphatic heterocycles. The minimum absolute atomic E-state index is 0.0820. The summed E-state index contributed by atoms with van der Waals surface area (Å²) in [5.74, 6) is 0.0388. The minimum Gasteiger partial charge on any atom is -0.352 e. The molecule has 3 heterocycles. The van der Waals surface area contributed by atoms with Crippen molar-refractivity contribution in [2.45, 2.75) is 19.4 Å². The van der Waals surface area contributed by atoms with Crippen LogP contribution in [0, 0.1) is 11.7 Å². The zero-order chi connectivity index (χ0) is 20.1. The molecule has 0 bridgehead atoms. The van der Waals surface area contributed by atoms with E-state index < -0.39 is 0 Å². The maximum Gasteiger partial charge on any atom is 0.252 e. The van der Waals surface area contributed by atoms with E-state index in [0.29, 0.717) is 23.7 Å². The van der Waals surface area contributed by atoms with Gasteiger partial charge in [-0.15, -0.1) is 0 Å². The Kier molecular flexibility index (Phi) is 5.95. The number of nitrogens with one attached hydrogen (secondary N) is 1. The molecular formula is C22H24FN5O. The van der Waals surface area contributed by atoms with Gasteiger partial charge in [0.15, 0.2) is 0 Å². The van der Waals surface area contributed by atoms with Gasteiger partial charge in [-0.2, -0.15) is 5.10 Å². The normalized spacial score (nSPS) is 17.2. The lowest BCUT2D eigenvalue weighted by Gasteiger charge is -2.32. The van der Waals surface area contributed by atoms with Crippen molar-refractivity contribution in [1.82, 2.24) is 25.0 Å². The fourth-order valence-electron chi connectivity index (χ4n) is 3.77. The van der Waals surface area contributed by atoms with Gasteiger partial charge in [-0.3, -0.25) is 14.7 Å². The highest BCUT2D eigenvalue weighted by Crippen LogP contribution is 2.19. The van der Waals surface area contributed by atoms with E-state index in [2.05, 4.69) is 20.3 Å². The molecule has 1 saturated heterocycles. The molecule has 29 heavy (non-hydrogen) atoms. The Bertz CT molecular complexity index is 959. The zero-order valence-electron chi connectivity index (χ0n) is 16.2. The van der Waals surface area contributed by atoms with Crippen molar-refractivity contribution < 1.29 is 9.18 Å². The first kappa shape index (κ1) is 19.3. The summed E-state index contributed by atoms with van der Waals surface area (Å²) < 4.78 is 15.5. The molecule has 6 nitrogen and oxygen atoms in total. The Hall–Kier alpha value is -3.06. The Labute approximate surface area is 169 Å². The Morgan fingerprint density at radius 1 is 1.21 bits per heavy atom. The van der Waals surface area contributed by atoms with Gasteiger partial charge >= 0.3 is 0 Å². The maximum atomic E-state index is 14.0. The van der Waals surface area contributed by atoms with Crippen molar-refractivity contribution in [3.63, 3.8) is 0 Å². The van der Waals surface area contributed by atoms with E-state index in [9.17, 15) is 9.18 Å². The summed E-state index contributed by atoms with van der Waals surface area (Å²) in [6, 6.07) is 10.2. The predicted molar refractivity (Wildman–Crippen MR) is 108 cm³/mol. The van der Waals surface area contributed by atoms with Gasteiger partial charge in [0.25, 0.3) is 5.91 Å². The SMILES string of the molecule is O=C(NC[C@H]1CCCN(Cc2cnn(-c3ccccc3F)c2)C1)c1cccnc1. The monoisotopic (exact) mass is 393 g/mol. The number of pyridine rings is 1. The lowest BCUT2D eigenvalue weighted by molar-refractivity contribution is 0.0930. The third-order valence-electron chi connectivity index (χ3n) is 5.22. The lowest BCUT2D eigenvalue weighted by Crippen LogP contribution is -2.40. The van der Waals surface area contributed by atoms with Gasteiger partial charge in [0.05, 0.1) is 11.8 Å². The van der Waals surface area contributed by atoms with E-state index in [0.717, 1.165) is 38.0 Å². The first-order valence-electron chi connectivity index (χ1n) is 9.88. The average molecular weight is 393 g/mol. The number of para-hydroxylation sites is 1. The molecule has 1 amide bonds. The van der Waals surface area contributed by atoms with E-state index in [1.165, 1.54) is 6.07 Å². The van der Waals surface area contributed by atoms with Crippen LogP contribution >= 0.6 is 0 Å². The predicted octanol–water partition coefficient (Wildman–Crippen LogP) is 3.05. The number of rotatable bonds is 6. The minimum atomic E-state index is -0.287. The van der Waals surface area contributed by atoms with E-state index >= 15 is 0 Å². The van der Waals surface area contributed by atoms with Crippen molar-refractivity contribution in [1.29, 1.82) is 0 Å². The van der Waals surface area contributed by atoms with Gasteiger partial charge < -0.3 is 5.32 Å². The summed E-state index contributed by atoms with van der Waals surface area (Å²) in [6.07, 6.45) is 9.10. The van der Waals surface area contributed by atoms with Crippen LogP contribution in [0.25, 0.3) is 5.69 Å². The van der Waals surface area contributed by atoms with Gasteiger partial charge in [0, 0.05) is 43.8 Å². The molecule has 1 aliphatic rings. The standard InChI is InChI=1S/C22H24FN5O/c23-20-7-1-2-8-21(20)28-16-18(12-26-28)15-27-10-4-5-17(14-27)11-25-22(29)19-6-3-9-24-13-19/h1-3,6-9,12-13,16-17H,4-5,10-11,14-15H2,(H,25,29)/t17-/m1/s1. The molecule has 1 N–H and O–H groups in total. The molecule has 1 fully saturated rings. The van der Waals surface area contributed by atoms with Gasteiger partial charge in [-0.1, -0.05) is 12.1 Å². The van der Waals surface area contributed by atoms with Crippen LogP contribution in [0.1, 0.15) is 28.8 Å². The number of hydrogen-bond acceptors (Lipinski definition) is 4. The topological polar surface area (TPSA) is 63.1 Å². The van der Waals surface area contributed by atoms with Crippen LogP contribution in [0.3, 0.4) is 0 Å². The van der Waals surface area contributed by atoms with Crippen molar-refractivity contribution in [2.24, 2.45) is 5.92 Å². The molecule has 3 aromatic rings. The van der Waals surface area contributed by atoms with Crippen LogP contribution in [0.15, 0.2) is 61.2 Å². The summed E-state index contributed by atoms with van der Waals surface area (Å²) in [6.45, 7) is 3.34. The molecule has 0 spiro atoms. The molecular weight excluding hydrogens is 369 g/mol. The fourth-order valence-corrected chi connectivity index (χ4v) is 3.77. The van der Waals surface area contributed by atoms with Crippen LogP contribution in [0.2, 0.25) is 0 Å². The van der Waals surface area contributed by atoms with Crippen molar-refractivity contribution in [3.05, 3.63) is 78.1 Å². The molecule has 0 aliphatic carbocycles. The number of nitrogens with zero attached hydrogens (tertiary/aromatic N) is 4. The first-order chi connectivity index (χ1) is 14.2. The fraction of sp³-hybridized carbons (Fsp3) is 0.318. The maximum absolute atomic E-state index is 14.0. The van der Waals surface area contributed by atoms with E-state index in [1.807, 2.05) is 6.20 Å². The van der Waals surface area contributed by atoms with Crippen LogP contribution in [-0.4, -0.2) is 45.2 Å². The highest BCUT2D eigenvalue weighted by Gasteiger charge is 2.21. The third-order valence-corrected chi connectivity index (χ3v) is 5.22. The van der Waals surface area contributed by atoms with Crippen LogP contribution in [0.5, 0.6) is 0 Å². The average Bonchev–Trinajstić information content (AvgIpc) is 3.21. The number of likely N-dealkylation sites (tertiary alicyclic amines) is 1. The van der Waals surface area contributed by atoms with Gasteiger partial charge in [0.2, 0.25) is 0 Å². The first-order valence-corrected chi connectivity index (χ1v) is 9.88. The largest absolute Gasteiger partial charge is 0.352 e. The number of piperidine rings is 1. The molecule has 0 saturated carbocycles. The number of carbonyl (C=O) groups excluding carboxylic acids is 1. The third kappa shape index (κ3) is 4.86. The molecule has 1 atom stereocenters. The molecule has 1 aromatic carbocycles. The van der Waals surface area contributed by atoms with Crippen molar-refractivity contribution in [2.75, 3.05) is 19.6 Å². The Morgan fingerprint density at radius 2 is 2.10 bits per heavy atom. The quantitative estimate of drug-likeness (QED) is 0.699. The van der Waals surface area contributed by atoms with Crippen molar-refractivity contribution >= 4 is 5.91 Å². The van der Waals surface area contributed by atoms with Gasteiger partial charge in [-0.25, -0.2) is 9.07 Å². The summed E-state index contributed by atoms with van der Waals surface area (Å²) in [4.78, 5) is 18.6. The second-order valence-electron chi connectivity index (χ2n) is 7.44. The van der Waals surface area contributed by atoms with Crippen LogP contribution in [0.4, 0.5) is 4.39 Å². The molecule has 2 aromatic heterocycles.